The van der Waals surface area contributed by atoms with Crippen molar-refractivity contribution in [2.24, 2.45) is 0 Å². The van der Waals surface area contributed by atoms with Gasteiger partial charge in [0.1, 0.15) is 5.82 Å². The molecule has 0 saturated carbocycles. The molecule has 2 aromatic rings. The van der Waals surface area contributed by atoms with Crippen molar-refractivity contribution in [3.8, 4) is 5.82 Å². The third-order valence-corrected chi connectivity index (χ3v) is 2.28. The maximum atomic E-state index is 10.9. The Morgan fingerprint density at radius 3 is 2.65 bits per heavy atom. The Labute approximate surface area is 97.0 Å². The summed E-state index contributed by atoms with van der Waals surface area (Å²) in [7, 11) is 0. The van der Waals surface area contributed by atoms with Gasteiger partial charge in [-0.3, -0.25) is 10.1 Å². The van der Waals surface area contributed by atoms with Crippen LogP contribution < -0.4 is 5.73 Å². The molecule has 0 aliphatic heterocycles. The van der Waals surface area contributed by atoms with Crippen LogP contribution in [0.3, 0.4) is 0 Å². The first kappa shape index (κ1) is 11.1. The number of nitrogens with two attached hydrogens (primary N) is 1. The lowest BCUT2D eigenvalue weighted by atomic mass is 10.3. The molecule has 0 saturated heterocycles. The molecule has 0 radical (unpaired) electrons. The molecule has 88 valence electrons. The van der Waals surface area contributed by atoms with Crippen molar-refractivity contribution in [1.82, 2.24) is 14.8 Å². The number of nitrogens with zero attached hydrogens (tertiary/aromatic N) is 4. The van der Waals surface area contributed by atoms with Gasteiger partial charge in [-0.05, 0) is 26.0 Å². The number of rotatable bonds is 2. The highest BCUT2D eigenvalue weighted by molar-refractivity contribution is 5.52. The summed E-state index contributed by atoms with van der Waals surface area (Å²) in [6, 6.07) is 4.54. The van der Waals surface area contributed by atoms with E-state index < -0.39 is 4.92 Å². The van der Waals surface area contributed by atoms with Gasteiger partial charge in [0.2, 0.25) is 5.82 Å². The topological polar surface area (TPSA) is 99.9 Å². The van der Waals surface area contributed by atoms with Crippen molar-refractivity contribution in [3.05, 3.63) is 39.7 Å². The molecule has 2 heterocycles. The summed E-state index contributed by atoms with van der Waals surface area (Å²) < 4.78 is 1.42. The second kappa shape index (κ2) is 3.85. The van der Waals surface area contributed by atoms with Crippen molar-refractivity contribution in [2.75, 3.05) is 5.73 Å². The second-order valence-electron chi connectivity index (χ2n) is 3.67. The molecule has 7 heteroatoms. The minimum Gasteiger partial charge on any atom is -0.384 e. The molecule has 7 nitrogen and oxygen atoms in total. The minimum atomic E-state index is -0.502. The van der Waals surface area contributed by atoms with E-state index in [0.29, 0.717) is 0 Å². The second-order valence-corrected chi connectivity index (χ2v) is 3.67. The van der Waals surface area contributed by atoms with Crippen LogP contribution in [-0.4, -0.2) is 19.7 Å². The third-order valence-electron chi connectivity index (χ3n) is 2.28. The normalized spacial score (nSPS) is 10.5. The van der Waals surface area contributed by atoms with Crippen LogP contribution in [0, 0.1) is 24.0 Å². The lowest BCUT2D eigenvalue weighted by Gasteiger charge is -2.04. The number of nitrogen functional groups attached to an aromatic ring is 1. The van der Waals surface area contributed by atoms with Gasteiger partial charge in [0.15, 0.2) is 0 Å². The Balaban J connectivity index is 2.69. The number of aromatic nitrogens is 3. The summed E-state index contributed by atoms with van der Waals surface area (Å²) in [5.41, 5.74) is 6.96. The number of pyridine rings is 1. The Morgan fingerprint density at radius 2 is 2.12 bits per heavy atom. The van der Waals surface area contributed by atoms with E-state index in [9.17, 15) is 10.1 Å². The van der Waals surface area contributed by atoms with Crippen LogP contribution in [-0.2, 0) is 0 Å². The molecule has 2 N–H and O–H groups in total. The summed E-state index contributed by atoms with van der Waals surface area (Å²) in [4.78, 5) is 14.4. The van der Waals surface area contributed by atoms with Crippen molar-refractivity contribution in [3.63, 3.8) is 0 Å². The van der Waals surface area contributed by atoms with Gasteiger partial charge in [-0.25, -0.2) is 9.67 Å². The lowest BCUT2D eigenvalue weighted by Crippen LogP contribution is -2.07. The fourth-order valence-electron chi connectivity index (χ4n) is 1.60. The monoisotopic (exact) mass is 233 g/mol. The molecule has 0 spiro atoms. The highest BCUT2D eigenvalue weighted by atomic mass is 16.6. The maximum absolute atomic E-state index is 10.9. The fraction of sp³-hybridized carbons (Fsp3) is 0.200. The number of aryl methyl sites for hydroxylation is 2. The molecular weight excluding hydrogens is 222 g/mol. The summed E-state index contributed by atoms with van der Waals surface area (Å²) in [5.74, 6) is 0.360. The van der Waals surface area contributed by atoms with Crippen molar-refractivity contribution in [1.29, 1.82) is 0 Å². The van der Waals surface area contributed by atoms with Gasteiger partial charge in [0.05, 0.1) is 10.6 Å². The van der Waals surface area contributed by atoms with E-state index >= 15 is 0 Å². The average Bonchev–Trinajstić information content (AvgIpc) is 2.57. The van der Waals surface area contributed by atoms with E-state index in [0.717, 1.165) is 11.4 Å². The zero-order chi connectivity index (χ0) is 12.6. The van der Waals surface area contributed by atoms with E-state index in [2.05, 4.69) is 10.1 Å². The van der Waals surface area contributed by atoms with Crippen molar-refractivity contribution >= 4 is 11.5 Å². The predicted octanol–water partition coefficient (Wildman–Crippen LogP) is 1.37. The SMILES string of the molecule is Cc1cc(C)n(-c2nc(N)ccc2[N+](=O)[O-])n1. The number of hydrogen-bond donors (Lipinski definition) is 1. The van der Waals surface area contributed by atoms with Crippen LogP contribution >= 0.6 is 0 Å². The van der Waals surface area contributed by atoms with Gasteiger partial charge in [-0.2, -0.15) is 5.10 Å². The highest BCUT2D eigenvalue weighted by Crippen LogP contribution is 2.22. The smallest absolute Gasteiger partial charge is 0.313 e. The van der Waals surface area contributed by atoms with E-state index in [-0.39, 0.29) is 17.3 Å². The number of hydrogen-bond acceptors (Lipinski definition) is 5. The molecule has 2 rings (SSSR count). The Bertz CT molecular complexity index is 590. The molecule has 0 fully saturated rings. The summed E-state index contributed by atoms with van der Waals surface area (Å²) >= 11 is 0. The third kappa shape index (κ3) is 1.94. The zero-order valence-electron chi connectivity index (χ0n) is 9.41. The first-order chi connectivity index (χ1) is 7.99. The fourth-order valence-corrected chi connectivity index (χ4v) is 1.60. The first-order valence-corrected chi connectivity index (χ1v) is 4.93. The summed E-state index contributed by atoms with van der Waals surface area (Å²) in [6.45, 7) is 3.61. The molecule has 0 aromatic carbocycles. The molecule has 0 unspecified atom stereocenters. The number of nitro groups is 1. The van der Waals surface area contributed by atoms with Crippen LogP contribution in [0.25, 0.3) is 5.82 Å². The van der Waals surface area contributed by atoms with Gasteiger partial charge in [0.25, 0.3) is 0 Å². The van der Waals surface area contributed by atoms with E-state index in [1.54, 1.807) is 6.92 Å². The average molecular weight is 233 g/mol. The first-order valence-electron chi connectivity index (χ1n) is 4.93. The van der Waals surface area contributed by atoms with Gasteiger partial charge in [-0.1, -0.05) is 0 Å². The van der Waals surface area contributed by atoms with Crippen LogP contribution in [0.5, 0.6) is 0 Å². The lowest BCUT2D eigenvalue weighted by molar-refractivity contribution is -0.384. The molecule has 0 aliphatic carbocycles. The molecule has 0 amide bonds. The van der Waals surface area contributed by atoms with E-state index in [1.165, 1.54) is 16.8 Å². The van der Waals surface area contributed by atoms with Crippen LogP contribution in [0.4, 0.5) is 11.5 Å². The van der Waals surface area contributed by atoms with Crippen molar-refractivity contribution in [2.45, 2.75) is 13.8 Å². The molecule has 2 aromatic heterocycles. The Morgan fingerprint density at radius 1 is 1.41 bits per heavy atom. The molecule has 0 bridgehead atoms. The van der Waals surface area contributed by atoms with Crippen LogP contribution in [0.1, 0.15) is 11.4 Å². The minimum absolute atomic E-state index is 0.120. The summed E-state index contributed by atoms with van der Waals surface area (Å²) in [5, 5.41) is 15.1. The highest BCUT2D eigenvalue weighted by Gasteiger charge is 2.19. The van der Waals surface area contributed by atoms with Gasteiger partial charge >= 0.3 is 5.69 Å². The quantitative estimate of drug-likeness (QED) is 0.623. The predicted molar refractivity (Wildman–Crippen MR) is 61.9 cm³/mol. The number of anilines is 1. The van der Waals surface area contributed by atoms with Crippen LogP contribution in [0.2, 0.25) is 0 Å². The maximum Gasteiger partial charge on any atom is 0.313 e. The van der Waals surface area contributed by atoms with Gasteiger partial charge in [0, 0.05) is 11.8 Å². The van der Waals surface area contributed by atoms with Gasteiger partial charge in [-0.15, -0.1) is 0 Å². The molecule has 0 atom stereocenters. The summed E-state index contributed by atoms with van der Waals surface area (Å²) in [6.07, 6.45) is 0. The molecule has 17 heavy (non-hydrogen) atoms. The van der Waals surface area contributed by atoms with Crippen molar-refractivity contribution < 1.29 is 4.92 Å². The Hall–Kier alpha value is -2.44. The molecular formula is C10H11N5O2. The zero-order valence-corrected chi connectivity index (χ0v) is 9.41. The standard InChI is InChI=1S/C10H11N5O2/c1-6-5-7(2)14(13-6)10-8(15(16)17)3-4-9(11)12-10/h3-5H,1-2H3,(H2,11,12). The van der Waals surface area contributed by atoms with E-state index in [1.807, 2.05) is 13.0 Å². The Kier molecular flexibility index (Phi) is 2.51. The largest absolute Gasteiger partial charge is 0.384 e. The van der Waals surface area contributed by atoms with Gasteiger partial charge < -0.3 is 5.73 Å². The van der Waals surface area contributed by atoms with E-state index in [4.69, 9.17) is 5.73 Å². The van der Waals surface area contributed by atoms with Crippen LogP contribution in [0.15, 0.2) is 18.2 Å². The molecule has 0 aliphatic rings.